The molecule has 24 heavy (non-hydrogen) atoms. The van der Waals surface area contributed by atoms with Crippen LogP contribution in [0.25, 0.3) is 0 Å². The highest BCUT2D eigenvalue weighted by Crippen LogP contribution is 2.40. The predicted octanol–water partition coefficient (Wildman–Crippen LogP) is 3.92. The summed E-state index contributed by atoms with van der Waals surface area (Å²) in [6.07, 6.45) is 0.639. The Balaban J connectivity index is 1.94. The molecular formula is C20H21NO3. The first-order valence-electron chi connectivity index (χ1n) is 8.05. The number of Topliss-reactive ketones (excluding diaryl/α,β-unsaturated/α-hetero) is 1. The van der Waals surface area contributed by atoms with Crippen LogP contribution >= 0.6 is 0 Å². The van der Waals surface area contributed by atoms with E-state index in [1.807, 2.05) is 44.2 Å². The van der Waals surface area contributed by atoms with Crippen molar-refractivity contribution in [3.63, 3.8) is 0 Å². The fourth-order valence-electron chi connectivity index (χ4n) is 3.03. The van der Waals surface area contributed by atoms with Crippen LogP contribution in [0.15, 0.2) is 48.5 Å². The monoisotopic (exact) mass is 323 g/mol. The molecule has 124 valence electrons. The van der Waals surface area contributed by atoms with Crippen molar-refractivity contribution in [3.05, 3.63) is 65.2 Å². The molecule has 3 rings (SSSR count). The Morgan fingerprint density at radius 1 is 1.08 bits per heavy atom. The van der Waals surface area contributed by atoms with Crippen molar-refractivity contribution in [1.29, 1.82) is 0 Å². The van der Waals surface area contributed by atoms with Crippen LogP contribution in [0.3, 0.4) is 0 Å². The number of hydrogen-bond acceptors (Lipinski definition) is 3. The number of nitrogens with one attached hydrogen (secondary N) is 1. The molecule has 2 aromatic carbocycles. The standard InChI is InChI=1S/C20H21NO3/c1-13(22)15-9-10-18-16(11-15)17(12-20(2,3)24-18)21-19(23)14-7-5-4-6-8-14/h4-11,17H,12H2,1-3H3,(H,21,23)/t17-/m1/s1. The van der Waals surface area contributed by atoms with Crippen molar-refractivity contribution in [2.24, 2.45) is 0 Å². The van der Waals surface area contributed by atoms with Crippen LogP contribution in [0.2, 0.25) is 0 Å². The highest BCUT2D eigenvalue weighted by atomic mass is 16.5. The lowest BCUT2D eigenvalue weighted by Crippen LogP contribution is -2.41. The summed E-state index contributed by atoms with van der Waals surface area (Å²) >= 11 is 0. The Morgan fingerprint density at radius 3 is 2.46 bits per heavy atom. The summed E-state index contributed by atoms with van der Waals surface area (Å²) in [5, 5.41) is 3.08. The van der Waals surface area contributed by atoms with Crippen molar-refractivity contribution < 1.29 is 14.3 Å². The number of amides is 1. The Bertz CT molecular complexity index is 781. The molecule has 1 N–H and O–H groups in total. The smallest absolute Gasteiger partial charge is 0.251 e. The molecule has 4 nitrogen and oxygen atoms in total. The zero-order valence-electron chi connectivity index (χ0n) is 14.1. The van der Waals surface area contributed by atoms with E-state index in [1.54, 1.807) is 18.2 Å². The van der Waals surface area contributed by atoms with E-state index in [-0.39, 0.29) is 23.3 Å². The number of carbonyl (C=O) groups excluding carboxylic acids is 2. The number of benzene rings is 2. The molecule has 1 atom stereocenters. The van der Waals surface area contributed by atoms with Crippen LogP contribution in [-0.4, -0.2) is 17.3 Å². The third kappa shape index (κ3) is 3.32. The van der Waals surface area contributed by atoms with Gasteiger partial charge in [-0.15, -0.1) is 0 Å². The molecule has 4 heteroatoms. The maximum Gasteiger partial charge on any atom is 0.251 e. The van der Waals surface area contributed by atoms with Gasteiger partial charge in [0.25, 0.3) is 5.91 Å². The molecule has 1 heterocycles. The molecule has 0 aliphatic carbocycles. The third-order valence-corrected chi connectivity index (χ3v) is 4.21. The fourth-order valence-corrected chi connectivity index (χ4v) is 3.03. The van der Waals surface area contributed by atoms with Gasteiger partial charge in [-0.3, -0.25) is 9.59 Å². The SMILES string of the molecule is CC(=O)c1ccc2c(c1)[C@H](NC(=O)c1ccccc1)CC(C)(C)O2. The van der Waals surface area contributed by atoms with Crippen molar-refractivity contribution in [2.75, 3.05) is 0 Å². The lowest BCUT2D eigenvalue weighted by molar-refractivity contribution is 0.0619. The molecule has 2 aromatic rings. The van der Waals surface area contributed by atoms with Crippen LogP contribution < -0.4 is 10.1 Å². The molecule has 0 aromatic heterocycles. The molecule has 0 spiro atoms. The lowest BCUT2D eigenvalue weighted by Gasteiger charge is -2.38. The second-order valence-electron chi connectivity index (χ2n) is 6.77. The first-order valence-corrected chi connectivity index (χ1v) is 8.05. The summed E-state index contributed by atoms with van der Waals surface area (Å²) in [5.41, 5.74) is 1.70. The number of ketones is 1. The number of rotatable bonds is 3. The number of carbonyl (C=O) groups is 2. The number of hydrogen-bond donors (Lipinski definition) is 1. The van der Waals surface area contributed by atoms with Gasteiger partial charge in [-0.05, 0) is 51.1 Å². The zero-order valence-corrected chi connectivity index (χ0v) is 14.1. The number of ether oxygens (including phenoxy) is 1. The van der Waals surface area contributed by atoms with Gasteiger partial charge in [0, 0.05) is 23.1 Å². The van der Waals surface area contributed by atoms with Crippen molar-refractivity contribution >= 4 is 11.7 Å². The zero-order chi connectivity index (χ0) is 17.3. The van der Waals surface area contributed by atoms with E-state index in [9.17, 15) is 9.59 Å². The van der Waals surface area contributed by atoms with E-state index >= 15 is 0 Å². The Hall–Kier alpha value is -2.62. The molecule has 0 saturated heterocycles. The molecule has 0 saturated carbocycles. The van der Waals surface area contributed by atoms with E-state index in [1.165, 1.54) is 6.92 Å². The molecule has 1 aliphatic heterocycles. The van der Waals surface area contributed by atoms with E-state index in [4.69, 9.17) is 4.74 Å². The summed E-state index contributed by atoms with van der Waals surface area (Å²) in [6.45, 7) is 5.53. The summed E-state index contributed by atoms with van der Waals surface area (Å²) < 4.78 is 6.01. The van der Waals surface area contributed by atoms with Gasteiger partial charge in [0.15, 0.2) is 5.78 Å². The summed E-state index contributed by atoms with van der Waals surface area (Å²) in [5.74, 6) is 0.586. The summed E-state index contributed by atoms with van der Waals surface area (Å²) in [7, 11) is 0. The van der Waals surface area contributed by atoms with E-state index < -0.39 is 0 Å². The third-order valence-electron chi connectivity index (χ3n) is 4.21. The average Bonchev–Trinajstić information content (AvgIpc) is 2.54. The van der Waals surface area contributed by atoms with E-state index in [2.05, 4.69) is 5.32 Å². The van der Waals surface area contributed by atoms with Crippen LogP contribution in [0.1, 0.15) is 59.5 Å². The first kappa shape index (κ1) is 16.2. The van der Waals surface area contributed by atoms with Crippen molar-refractivity contribution in [2.45, 2.75) is 38.8 Å². The van der Waals surface area contributed by atoms with Gasteiger partial charge >= 0.3 is 0 Å². The number of fused-ring (bicyclic) bond motifs is 1. The molecule has 0 fully saturated rings. The lowest BCUT2D eigenvalue weighted by atomic mass is 9.88. The van der Waals surface area contributed by atoms with Crippen molar-refractivity contribution in [1.82, 2.24) is 5.32 Å². The molecule has 1 aliphatic rings. The minimum Gasteiger partial charge on any atom is -0.487 e. The topological polar surface area (TPSA) is 55.4 Å². The summed E-state index contributed by atoms with van der Waals surface area (Å²) in [4.78, 5) is 24.2. The van der Waals surface area contributed by atoms with Crippen molar-refractivity contribution in [3.8, 4) is 5.75 Å². The molecule has 0 bridgehead atoms. The van der Waals surface area contributed by atoms with Crippen LogP contribution in [0, 0.1) is 0 Å². The van der Waals surface area contributed by atoms with Crippen LogP contribution in [-0.2, 0) is 0 Å². The van der Waals surface area contributed by atoms with Gasteiger partial charge in [0.1, 0.15) is 11.4 Å². The minimum absolute atomic E-state index is 0.00392. The molecule has 0 radical (unpaired) electrons. The Kier molecular flexibility index (Phi) is 4.14. The van der Waals surface area contributed by atoms with Crippen LogP contribution in [0.5, 0.6) is 5.75 Å². The van der Waals surface area contributed by atoms with Gasteiger partial charge in [-0.1, -0.05) is 18.2 Å². The maximum atomic E-state index is 12.5. The van der Waals surface area contributed by atoms with Gasteiger partial charge in [-0.2, -0.15) is 0 Å². The molecule has 1 amide bonds. The predicted molar refractivity (Wildman–Crippen MR) is 92.4 cm³/mol. The van der Waals surface area contributed by atoms with Gasteiger partial charge in [0.05, 0.1) is 6.04 Å². The van der Waals surface area contributed by atoms with E-state index in [0.29, 0.717) is 17.5 Å². The second-order valence-corrected chi connectivity index (χ2v) is 6.77. The van der Waals surface area contributed by atoms with E-state index in [0.717, 1.165) is 11.3 Å². The van der Waals surface area contributed by atoms with Gasteiger partial charge < -0.3 is 10.1 Å². The average molecular weight is 323 g/mol. The normalized spacial score (nSPS) is 18.2. The van der Waals surface area contributed by atoms with Crippen LogP contribution in [0.4, 0.5) is 0 Å². The Labute approximate surface area is 141 Å². The quantitative estimate of drug-likeness (QED) is 0.871. The Morgan fingerprint density at radius 2 is 1.79 bits per heavy atom. The van der Waals surface area contributed by atoms with Gasteiger partial charge in [-0.25, -0.2) is 0 Å². The maximum absolute atomic E-state index is 12.5. The molecular weight excluding hydrogens is 302 g/mol. The highest BCUT2D eigenvalue weighted by molar-refractivity contribution is 5.95. The largest absolute Gasteiger partial charge is 0.487 e. The van der Waals surface area contributed by atoms with Gasteiger partial charge in [0.2, 0.25) is 0 Å². The summed E-state index contributed by atoms with van der Waals surface area (Å²) in [6, 6.07) is 14.3. The second kappa shape index (κ2) is 6.11. The fraction of sp³-hybridized carbons (Fsp3) is 0.300. The highest BCUT2D eigenvalue weighted by Gasteiger charge is 2.35. The molecule has 0 unspecified atom stereocenters. The minimum atomic E-state index is -0.390. The first-order chi connectivity index (χ1) is 11.4.